The van der Waals surface area contributed by atoms with Gasteiger partial charge in [0.2, 0.25) is 5.95 Å². The van der Waals surface area contributed by atoms with E-state index in [0.717, 1.165) is 43.7 Å². The molecule has 38 heavy (non-hydrogen) atoms. The molecule has 5 atom stereocenters. The average molecular weight is 537 g/mol. The Kier molecular flexibility index (Phi) is 6.68. The Morgan fingerprint density at radius 1 is 1.08 bits per heavy atom. The lowest BCUT2D eigenvalue weighted by atomic mass is 9.48. The fourth-order valence-corrected chi connectivity index (χ4v) is 9.29. The topological polar surface area (TPSA) is 140 Å². The summed E-state index contributed by atoms with van der Waals surface area (Å²) < 4.78 is 23.7. The SMILES string of the molecule is N#Cc1cnc(NCc2ccccc2O)nc1NCC12CC3C[C@H](C1)C(NC1CCS(=O)(=O)CC1)[C@@H](C3)C2. The molecular formula is C28H36N6O3S. The number of benzene rings is 1. The zero-order valence-electron chi connectivity index (χ0n) is 21.6. The van der Waals surface area contributed by atoms with Crippen molar-refractivity contribution < 1.29 is 13.5 Å². The summed E-state index contributed by atoms with van der Waals surface area (Å²) in [5.74, 6) is 3.80. The summed E-state index contributed by atoms with van der Waals surface area (Å²) in [6.07, 6.45) is 9.07. The molecule has 2 heterocycles. The molecule has 4 N–H and O–H groups in total. The molecule has 1 saturated heterocycles. The van der Waals surface area contributed by atoms with Crippen molar-refractivity contribution in [3.05, 3.63) is 41.6 Å². The number of anilines is 2. The fourth-order valence-electron chi connectivity index (χ4n) is 7.80. The lowest BCUT2D eigenvalue weighted by Gasteiger charge is -2.61. The number of sulfone groups is 1. The van der Waals surface area contributed by atoms with Gasteiger partial charge in [-0.15, -0.1) is 0 Å². The van der Waals surface area contributed by atoms with E-state index in [-0.39, 0.29) is 11.2 Å². The molecule has 3 unspecified atom stereocenters. The second-order valence-electron chi connectivity index (χ2n) is 12.0. The molecule has 0 amide bonds. The zero-order valence-corrected chi connectivity index (χ0v) is 22.4. The van der Waals surface area contributed by atoms with Gasteiger partial charge in [0.25, 0.3) is 0 Å². The van der Waals surface area contributed by atoms with Gasteiger partial charge in [0, 0.05) is 30.7 Å². The normalized spacial score (nSPS) is 31.6. The van der Waals surface area contributed by atoms with Crippen molar-refractivity contribution >= 4 is 21.6 Å². The van der Waals surface area contributed by atoms with Crippen molar-refractivity contribution in [3.63, 3.8) is 0 Å². The first-order valence-electron chi connectivity index (χ1n) is 13.8. The maximum atomic E-state index is 11.9. The number of phenols is 1. The summed E-state index contributed by atoms with van der Waals surface area (Å²) in [4.78, 5) is 8.90. The molecular weight excluding hydrogens is 500 g/mol. The molecule has 1 aromatic carbocycles. The Bertz CT molecular complexity index is 1310. The van der Waals surface area contributed by atoms with Crippen molar-refractivity contribution in [2.75, 3.05) is 28.7 Å². The van der Waals surface area contributed by atoms with Gasteiger partial charge in [-0.3, -0.25) is 0 Å². The number of hydrogen-bond donors (Lipinski definition) is 4. The van der Waals surface area contributed by atoms with Gasteiger partial charge in [-0.2, -0.15) is 10.2 Å². The molecule has 4 bridgehead atoms. The Morgan fingerprint density at radius 3 is 2.53 bits per heavy atom. The summed E-state index contributed by atoms with van der Waals surface area (Å²) in [6.45, 7) is 1.17. The van der Waals surface area contributed by atoms with Gasteiger partial charge in [-0.25, -0.2) is 13.4 Å². The Balaban J connectivity index is 1.10. The van der Waals surface area contributed by atoms with E-state index in [2.05, 4.69) is 32.0 Å². The first kappa shape index (κ1) is 25.4. The van der Waals surface area contributed by atoms with E-state index in [1.54, 1.807) is 18.3 Å². The minimum atomic E-state index is -2.85. The van der Waals surface area contributed by atoms with Crippen LogP contribution in [-0.4, -0.2) is 53.6 Å². The summed E-state index contributed by atoms with van der Waals surface area (Å²) in [5, 5.41) is 30.3. The van der Waals surface area contributed by atoms with Crippen LogP contribution in [0.4, 0.5) is 11.8 Å². The number of aromatic nitrogens is 2. The maximum absolute atomic E-state index is 11.9. The first-order valence-corrected chi connectivity index (χ1v) is 15.6. The van der Waals surface area contributed by atoms with E-state index in [1.807, 2.05) is 12.1 Å². The van der Waals surface area contributed by atoms with E-state index < -0.39 is 9.84 Å². The van der Waals surface area contributed by atoms with Crippen LogP contribution in [0.3, 0.4) is 0 Å². The molecule has 2 aromatic rings. The predicted octanol–water partition coefficient (Wildman–Crippen LogP) is 3.44. The van der Waals surface area contributed by atoms with Gasteiger partial charge in [-0.05, 0) is 74.2 Å². The third-order valence-electron chi connectivity index (χ3n) is 9.35. The highest BCUT2D eigenvalue weighted by atomic mass is 32.2. The largest absolute Gasteiger partial charge is 0.508 e. The van der Waals surface area contributed by atoms with Crippen molar-refractivity contribution in [2.45, 2.75) is 63.6 Å². The van der Waals surface area contributed by atoms with Crippen LogP contribution >= 0.6 is 0 Å². The molecule has 202 valence electrons. The first-order chi connectivity index (χ1) is 18.3. The van der Waals surface area contributed by atoms with Crippen LogP contribution in [0.15, 0.2) is 30.5 Å². The van der Waals surface area contributed by atoms with Crippen molar-refractivity contribution in [1.29, 1.82) is 5.26 Å². The van der Waals surface area contributed by atoms with Crippen LogP contribution in [0.1, 0.15) is 56.1 Å². The van der Waals surface area contributed by atoms with E-state index >= 15 is 0 Å². The predicted molar refractivity (Wildman–Crippen MR) is 145 cm³/mol. The van der Waals surface area contributed by atoms with Gasteiger partial charge < -0.3 is 21.1 Å². The van der Waals surface area contributed by atoms with Crippen molar-refractivity contribution in [3.8, 4) is 11.8 Å². The molecule has 9 nitrogen and oxygen atoms in total. The minimum Gasteiger partial charge on any atom is -0.508 e. The molecule has 0 radical (unpaired) electrons. The summed E-state index contributed by atoms with van der Waals surface area (Å²) in [5.41, 5.74) is 1.38. The molecule has 4 aliphatic carbocycles. The number of aromatic hydroxyl groups is 1. The Hall–Kier alpha value is -2.90. The van der Waals surface area contributed by atoms with E-state index in [0.29, 0.717) is 59.3 Å². The third-order valence-corrected chi connectivity index (χ3v) is 11.1. The van der Waals surface area contributed by atoms with Gasteiger partial charge >= 0.3 is 0 Å². The van der Waals surface area contributed by atoms with Crippen LogP contribution in [0, 0.1) is 34.5 Å². The highest BCUT2D eigenvalue weighted by molar-refractivity contribution is 7.91. The summed E-state index contributed by atoms with van der Waals surface area (Å²) in [6, 6.07) is 10.2. The third kappa shape index (κ3) is 5.19. The fraction of sp³-hybridized carbons (Fsp3) is 0.607. The molecule has 7 rings (SSSR count). The molecule has 1 aliphatic heterocycles. The van der Waals surface area contributed by atoms with E-state index in [4.69, 9.17) is 0 Å². The number of phenolic OH excluding ortho intramolecular Hbond substituents is 1. The van der Waals surface area contributed by atoms with Crippen molar-refractivity contribution in [1.82, 2.24) is 15.3 Å². The molecule has 1 aromatic heterocycles. The van der Waals surface area contributed by atoms with Gasteiger partial charge in [0.15, 0.2) is 0 Å². The van der Waals surface area contributed by atoms with Crippen LogP contribution in [0.5, 0.6) is 5.75 Å². The quantitative estimate of drug-likeness (QED) is 0.399. The number of para-hydroxylation sites is 1. The molecule has 0 spiro atoms. The highest BCUT2D eigenvalue weighted by Gasteiger charge is 2.55. The molecule has 5 fully saturated rings. The van der Waals surface area contributed by atoms with Crippen LogP contribution in [0.25, 0.3) is 0 Å². The number of rotatable bonds is 8. The highest BCUT2D eigenvalue weighted by Crippen LogP contribution is 2.60. The molecule has 10 heteroatoms. The lowest BCUT2D eigenvalue weighted by Crippen LogP contribution is -2.61. The average Bonchev–Trinajstić information content (AvgIpc) is 2.90. The molecule has 5 aliphatic rings. The smallest absolute Gasteiger partial charge is 0.224 e. The summed E-state index contributed by atoms with van der Waals surface area (Å²) >= 11 is 0. The Morgan fingerprint density at radius 2 is 1.82 bits per heavy atom. The number of nitriles is 1. The Labute approximate surface area is 224 Å². The maximum Gasteiger partial charge on any atom is 0.224 e. The van der Waals surface area contributed by atoms with Crippen LogP contribution in [-0.2, 0) is 16.4 Å². The van der Waals surface area contributed by atoms with Gasteiger partial charge in [0.1, 0.15) is 33.0 Å². The second-order valence-corrected chi connectivity index (χ2v) is 14.3. The second kappa shape index (κ2) is 10.0. The molecule has 4 saturated carbocycles. The van der Waals surface area contributed by atoms with Crippen molar-refractivity contribution in [2.24, 2.45) is 23.2 Å². The number of nitrogens with one attached hydrogen (secondary N) is 3. The van der Waals surface area contributed by atoms with E-state index in [1.165, 1.54) is 19.3 Å². The van der Waals surface area contributed by atoms with Crippen LogP contribution in [0.2, 0.25) is 0 Å². The zero-order chi connectivity index (χ0) is 26.3. The monoisotopic (exact) mass is 536 g/mol. The van der Waals surface area contributed by atoms with E-state index in [9.17, 15) is 18.8 Å². The van der Waals surface area contributed by atoms with Gasteiger partial charge in [0.05, 0.1) is 17.7 Å². The standard InChI is InChI=1S/C28H36N6O3S/c29-14-22-16-31-27(30-15-19-3-1-2-4-24(19)35)34-26(22)32-17-28-11-18-9-20(12-28)25(21(10-18)13-28)33-23-5-7-38(36,37)8-6-23/h1-4,16,18,20-21,23,25,33,35H,5-13,15,17H2,(H2,30,31,32,34)/t18?,20-,21+,25?,28?. The van der Waals surface area contributed by atoms with Gasteiger partial charge in [-0.1, -0.05) is 18.2 Å². The number of nitrogens with zero attached hydrogens (tertiary/aromatic N) is 3. The number of hydrogen-bond acceptors (Lipinski definition) is 9. The lowest BCUT2D eigenvalue weighted by molar-refractivity contribution is -0.0722. The summed E-state index contributed by atoms with van der Waals surface area (Å²) in [7, 11) is -2.85. The minimum absolute atomic E-state index is 0.200. The van der Waals surface area contributed by atoms with Crippen LogP contribution < -0.4 is 16.0 Å².